The molecule has 0 aliphatic rings. The Balaban J connectivity index is 0.000000168. The van der Waals surface area contributed by atoms with Crippen molar-refractivity contribution >= 4 is 34.4 Å². The second kappa shape index (κ2) is 8.56. The molecule has 0 aliphatic heterocycles. The number of hydrogen-bond donors (Lipinski definition) is 2. The van der Waals surface area contributed by atoms with Gasteiger partial charge < -0.3 is 0 Å². The monoisotopic (exact) mass is 254 g/mol. The Kier molecular flexibility index (Phi) is 7.21. The zero-order valence-electron chi connectivity index (χ0n) is 9.52. The van der Waals surface area contributed by atoms with Crippen molar-refractivity contribution in [3.63, 3.8) is 0 Å². The van der Waals surface area contributed by atoms with Crippen LogP contribution in [0.15, 0.2) is 29.8 Å². The number of fused-ring (bicyclic) bond motifs is 1. The number of nitrogens with zero attached hydrogens (tertiary/aromatic N) is 1. The third kappa shape index (κ3) is 4.96. The first-order chi connectivity index (χ1) is 7.88. The molecule has 2 nitrogen and oxygen atoms in total. The summed E-state index contributed by atoms with van der Waals surface area (Å²) in [4.78, 5) is 4.14. The quantitative estimate of drug-likeness (QED) is 0.639. The van der Waals surface area contributed by atoms with Crippen molar-refractivity contribution in [3.8, 4) is 0 Å². The van der Waals surface area contributed by atoms with Gasteiger partial charge in [0.05, 0.1) is 15.7 Å². The molecule has 4 heteroatoms. The highest BCUT2D eigenvalue weighted by Gasteiger charge is 1.89. The van der Waals surface area contributed by atoms with E-state index in [0.717, 1.165) is 12.1 Å². The molecule has 0 radical (unpaired) electrons. The lowest BCUT2D eigenvalue weighted by molar-refractivity contribution is 0.710. The minimum atomic E-state index is 1.04. The molecule has 1 aromatic carbocycles. The molecule has 0 saturated heterocycles. The highest BCUT2D eigenvalue weighted by Crippen LogP contribution is 2.15. The lowest BCUT2D eigenvalue weighted by Gasteiger charge is -1.92. The number of nitrogens with one attached hydrogen (secondary N) is 1. The summed E-state index contributed by atoms with van der Waals surface area (Å²) in [5.41, 5.74) is 2.97. The second-order valence-corrected chi connectivity index (χ2v) is 4.64. The number of benzene rings is 1. The molecule has 0 spiro atoms. The maximum Gasteiger partial charge on any atom is 0.0812 e. The van der Waals surface area contributed by atoms with Gasteiger partial charge in [0.2, 0.25) is 0 Å². The lowest BCUT2D eigenvalue weighted by Crippen LogP contribution is -1.99. The molecule has 88 valence electrons. The second-order valence-electron chi connectivity index (χ2n) is 3.44. The molecule has 2 rings (SSSR count). The summed E-state index contributed by atoms with van der Waals surface area (Å²) in [6.45, 7) is 3.23. The van der Waals surface area contributed by atoms with Crippen LogP contribution in [0.25, 0.3) is 10.2 Å². The summed E-state index contributed by atoms with van der Waals surface area (Å²) in [5, 5.41) is 0. The zero-order valence-corrected chi connectivity index (χ0v) is 11.2. The Morgan fingerprint density at radius 2 is 2.12 bits per heavy atom. The summed E-state index contributed by atoms with van der Waals surface area (Å²) in [5.74, 6) is 0. The molecule has 0 atom stereocenters. The molecule has 0 amide bonds. The van der Waals surface area contributed by atoms with E-state index in [1.165, 1.54) is 24.0 Å². The number of aromatic nitrogens is 1. The SMILES string of the molecule is CCCCCNS.c1ccc2scnc2c1. The molecular formula is C12H18N2S2. The Hall–Kier alpha value is -0.580. The average Bonchev–Trinajstić information content (AvgIpc) is 2.78. The van der Waals surface area contributed by atoms with Crippen LogP contribution in [0, 0.1) is 0 Å². The number of thiazole rings is 1. The van der Waals surface area contributed by atoms with Crippen LogP contribution in [0.1, 0.15) is 26.2 Å². The molecule has 1 heterocycles. The van der Waals surface area contributed by atoms with Crippen molar-refractivity contribution in [1.29, 1.82) is 0 Å². The smallest absolute Gasteiger partial charge is 0.0812 e. The van der Waals surface area contributed by atoms with Gasteiger partial charge in [-0.15, -0.1) is 11.3 Å². The molecule has 0 bridgehead atoms. The highest BCUT2D eigenvalue weighted by atomic mass is 32.1. The normalized spacial score (nSPS) is 9.88. The van der Waals surface area contributed by atoms with E-state index in [2.05, 4.69) is 35.5 Å². The highest BCUT2D eigenvalue weighted by molar-refractivity contribution is 7.78. The standard InChI is InChI=1S/C7H5NS.C5H13NS/c1-2-4-7-6(3-1)8-5-9-7;1-2-3-4-5-6-7/h1-5H;6-7H,2-5H2,1H3. The maximum atomic E-state index is 4.14. The minimum Gasteiger partial charge on any atom is -0.267 e. The summed E-state index contributed by atoms with van der Waals surface area (Å²) >= 11 is 5.52. The molecule has 1 aromatic heterocycles. The van der Waals surface area contributed by atoms with Crippen molar-refractivity contribution in [2.75, 3.05) is 6.54 Å². The van der Waals surface area contributed by atoms with Crippen LogP contribution in [0.4, 0.5) is 0 Å². The van der Waals surface area contributed by atoms with Gasteiger partial charge in [-0.25, -0.2) is 4.98 Å². The lowest BCUT2D eigenvalue weighted by atomic mass is 10.3. The third-order valence-electron chi connectivity index (χ3n) is 2.13. The Labute approximate surface area is 107 Å². The molecular weight excluding hydrogens is 236 g/mol. The van der Waals surface area contributed by atoms with Crippen LogP contribution < -0.4 is 4.72 Å². The van der Waals surface area contributed by atoms with Crippen molar-refractivity contribution in [2.45, 2.75) is 26.2 Å². The number of para-hydroxylation sites is 1. The van der Waals surface area contributed by atoms with Crippen LogP contribution in [0.2, 0.25) is 0 Å². The van der Waals surface area contributed by atoms with Crippen molar-refractivity contribution in [3.05, 3.63) is 29.8 Å². The average molecular weight is 254 g/mol. The van der Waals surface area contributed by atoms with Crippen LogP contribution in [0.5, 0.6) is 0 Å². The van der Waals surface area contributed by atoms with E-state index >= 15 is 0 Å². The van der Waals surface area contributed by atoms with Gasteiger partial charge in [0.25, 0.3) is 0 Å². The van der Waals surface area contributed by atoms with Gasteiger partial charge in [-0.05, 0) is 18.6 Å². The van der Waals surface area contributed by atoms with E-state index in [9.17, 15) is 0 Å². The predicted octanol–water partition coefficient (Wildman–Crippen LogP) is 3.91. The predicted molar refractivity (Wildman–Crippen MR) is 76.1 cm³/mol. The zero-order chi connectivity index (χ0) is 11.6. The van der Waals surface area contributed by atoms with E-state index in [-0.39, 0.29) is 0 Å². The molecule has 0 unspecified atom stereocenters. The van der Waals surface area contributed by atoms with Gasteiger partial charge in [-0.3, -0.25) is 4.72 Å². The Bertz CT molecular complexity index is 353. The van der Waals surface area contributed by atoms with E-state index in [0.29, 0.717) is 0 Å². The van der Waals surface area contributed by atoms with Crippen molar-refractivity contribution < 1.29 is 0 Å². The fourth-order valence-electron chi connectivity index (χ4n) is 1.26. The molecule has 0 saturated carbocycles. The van der Waals surface area contributed by atoms with Crippen LogP contribution >= 0.6 is 24.2 Å². The summed E-state index contributed by atoms with van der Waals surface area (Å²) < 4.78 is 4.06. The fraction of sp³-hybridized carbons (Fsp3) is 0.417. The van der Waals surface area contributed by atoms with Gasteiger partial charge in [-0.2, -0.15) is 0 Å². The Morgan fingerprint density at radius 1 is 1.31 bits per heavy atom. The molecule has 0 aliphatic carbocycles. The fourth-order valence-corrected chi connectivity index (χ4v) is 2.09. The first-order valence-corrected chi connectivity index (χ1v) is 6.86. The van der Waals surface area contributed by atoms with E-state index in [1.807, 2.05) is 23.7 Å². The van der Waals surface area contributed by atoms with Crippen LogP contribution in [0.3, 0.4) is 0 Å². The van der Waals surface area contributed by atoms with E-state index < -0.39 is 0 Å². The van der Waals surface area contributed by atoms with Gasteiger partial charge in [-0.1, -0.05) is 44.7 Å². The van der Waals surface area contributed by atoms with Gasteiger partial charge in [0, 0.05) is 6.54 Å². The number of rotatable bonds is 4. The molecule has 16 heavy (non-hydrogen) atoms. The molecule has 1 N–H and O–H groups in total. The van der Waals surface area contributed by atoms with Gasteiger partial charge in [0.15, 0.2) is 0 Å². The first-order valence-electron chi connectivity index (χ1n) is 5.53. The van der Waals surface area contributed by atoms with Crippen LogP contribution in [-0.2, 0) is 0 Å². The molecule has 0 fully saturated rings. The minimum absolute atomic E-state index is 1.04. The van der Waals surface area contributed by atoms with Gasteiger partial charge in [0.1, 0.15) is 0 Å². The van der Waals surface area contributed by atoms with Crippen molar-refractivity contribution in [2.24, 2.45) is 0 Å². The third-order valence-corrected chi connectivity index (χ3v) is 3.16. The number of unbranched alkanes of at least 4 members (excludes halogenated alkanes) is 2. The van der Waals surface area contributed by atoms with E-state index in [1.54, 1.807) is 11.3 Å². The van der Waals surface area contributed by atoms with Crippen LogP contribution in [-0.4, -0.2) is 11.5 Å². The van der Waals surface area contributed by atoms with Crippen molar-refractivity contribution in [1.82, 2.24) is 9.71 Å². The summed E-state index contributed by atoms with van der Waals surface area (Å²) in [7, 11) is 0. The molecule has 2 aromatic rings. The first kappa shape index (κ1) is 13.5. The maximum absolute atomic E-state index is 4.14. The van der Waals surface area contributed by atoms with Gasteiger partial charge >= 0.3 is 0 Å². The largest absolute Gasteiger partial charge is 0.267 e. The van der Waals surface area contributed by atoms with E-state index in [4.69, 9.17) is 0 Å². The summed E-state index contributed by atoms with van der Waals surface area (Å²) in [6, 6.07) is 8.13. The Morgan fingerprint density at radius 3 is 2.81 bits per heavy atom. The number of thiol groups is 1. The topological polar surface area (TPSA) is 24.9 Å². The number of hydrogen-bond acceptors (Lipinski definition) is 4. The summed E-state index contributed by atoms with van der Waals surface area (Å²) in [6.07, 6.45) is 3.85.